The molecule has 0 radical (unpaired) electrons. The van der Waals surface area contributed by atoms with Crippen LogP contribution in [-0.2, 0) is 0 Å². The molecular weight excluding hydrogens is 326 g/mol. The van der Waals surface area contributed by atoms with Crippen molar-refractivity contribution in [1.82, 2.24) is 0 Å². The summed E-state index contributed by atoms with van der Waals surface area (Å²) in [6, 6.07) is 32.5. The van der Waals surface area contributed by atoms with Crippen LogP contribution in [0.2, 0.25) is 0 Å². The van der Waals surface area contributed by atoms with Crippen LogP contribution in [0.5, 0.6) is 0 Å². The van der Waals surface area contributed by atoms with Gasteiger partial charge in [-0.1, -0.05) is 0 Å². The van der Waals surface area contributed by atoms with Gasteiger partial charge in [0.2, 0.25) is 0 Å². The molecule has 98 valence electrons. The maximum atomic E-state index is 2.98. The fourth-order valence-electron chi connectivity index (χ4n) is 2.38. The number of benzene rings is 3. The van der Waals surface area contributed by atoms with Crippen molar-refractivity contribution in [1.29, 1.82) is 0 Å². The molecule has 0 aliphatic rings. The van der Waals surface area contributed by atoms with E-state index in [2.05, 4.69) is 107 Å². The van der Waals surface area contributed by atoms with Crippen LogP contribution >= 0.6 is 5.95 Å². The molecule has 0 amide bonds. The Morgan fingerprint density at radius 2 is 0.700 bits per heavy atom. The summed E-state index contributed by atoms with van der Waals surface area (Å²) in [6.07, 6.45) is 0. The van der Waals surface area contributed by atoms with E-state index in [0.29, 0.717) is 0 Å². The molecule has 0 aromatic heterocycles. The van der Waals surface area contributed by atoms with Crippen LogP contribution in [0.1, 0.15) is 0 Å². The van der Waals surface area contributed by atoms with Crippen LogP contribution < -0.4 is 15.9 Å². The van der Waals surface area contributed by atoms with Gasteiger partial charge < -0.3 is 0 Å². The third-order valence-electron chi connectivity index (χ3n) is 3.39. The summed E-state index contributed by atoms with van der Waals surface area (Å²) in [6.45, 7) is 0. The molecule has 0 bridgehead atoms. The summed E-state index contributed by atoms with van der Waals surface area (Å²) in [4.78, 5) is 0. The molecule has 3 aromatic carbocycles. The Bertz CT molecular complexity index is 569. The molecule has 3 rings (SSSR count). The van der Waals surface area contributed by atoms with Gasteiger partial charge in [-0.3, -0.25) is 0 Å². The van der Waals surface area contributed by atoms with Crippen molar-refractivity contribution in [3.8, 4) is 0 Å². The molecule has 0 unspecified atom stereocenters. The second kappa shape index (κ2) is 5.94. The van der Waals surface area contributed by atoms with Gasteiger partial charge in [-0.25, -0.2) is 0 Å². The van der Waals surface area contributed by atoms with Gasteiger partial charge in [0.25, 0.3) is 0 Å². The van der Waals surface area contributed by atoms with Gasteiger partial charge in [0, 0.05) is 0 Å². The molecule has 3 aromatic rings. The molecule has 0 nitrogen and oxygen atoms in total. The predicted octanol–water partition coefficient (Wildman–Crippen LogP) is 2.80. The maximum absolute atomic E-state index is 2.98. The Labute approximate surface area is 128 Å². The van der Waals surface area contributed by atoms with Crippen molar-refractivity contribution in [2.75, 3.05) is 0 Å². The zero-order chi connectivity index (χ0) is 13.8. The Balaban J connectivity index is 2.24. The third kappa shape index (κ3) is 2.45. The number of hydrogen-bond donors (Lipinski definition) is 0. The molecule has 0 spiro atoms. The molecule has 20 heavy (non-hydrogen) atoms. The van der Waals surface area contributed by atoms with Gasteiger partial charge in [-0.15, -0.1) is 0 Å². The van der Waals surface area contributed by atoms with Crippen molar-refractivity contribution in [3.63, 3.8) is 0 Å². The summed E-state index contributed by atoms with van der Waals surface area (Å²) in [5.41, 5.74) is 0. The van der Waals surface area contributed by atoms with Crippen LogP contribution in [0.3, 0.4) is 0 Å². The zero-order valence-electron chi connectivity index (χ0n) is 11.1. The Kier molecular flexibility index (Phi) is 4.03. The van der Waals surface area contributed by atoms with E-state index in [4.69, 9.17) is 0 Å². The minimum absolute atomic E-state index is 1.40. The van der Waals surface area contributed by atoms with Crippen molar-refractivity contribution in [2.45, 2.75) is 0 Å². The average Bonchev–Trinajstić information content (AvgIpc) is 2.56. The summed E-state index contributed by atoms with van der Waals surface area (Å²) < 4.78 is 0. The standard InChI is InChI=1S/C18H16PSe/c20-19(16-10-4-1-5-11-16,17-12-6-2-7-13-17)18-14-8-3-9-15-18/h1-15,20H/q+1. The quantitative estimate of drug-likeness (QED) is 0.507. The fourth-order valence-corrected chi connectivity index (χ4v) is 7.60. The topological polar surface area (TPSA) is 0 Å². The van der Waals surface area contributed by atoms with E-state index < -0.39 is 5.95 Å². The molecule has 2 heteroatoms. The number of hydrogen-bond acceptors (Lipinski definition) is 0. The van der Waals surface area contributed by atoms with E-state index in [9.17, 15) is 0 Å². The Morgan fingerprint density at radius 1 is 0.450 bits per heavy atom. The van der Waals surface area contributed by atoms with E-state index in [-0.39, 0.29) is 0 Å². The van der Waals surface area contributed by atoms with Gasteiger partial charge in [0.15, 0.2) is 0 Å². The summed E-state index contributed by atoms with van der Waals surface area (Å²) >= 11 is 2.98. The van der Waals surface area contributed by atoms with E-state index in [1.807, 2.05) is 0 Å². The van der Waals surface area contributed by atoms with Crippen LogP contribution in [-0.4, -0.2) is 15.6 Å². The van der Waals surface area contributed by atoms with Gasteiger partial charge in [0.1, 0.15) is 0 Å². The van der Waals surface area contributed by atoms with Crippen molar-refractivity contribution >= 4 is 37.4 Å². The van der Waals surface area contributed by atoms with E-state index in [1.165, 1.54) is 15.9 Å². The van der Waals surface area contributed by atoms with E-state index in [0.717, 1.165) is 0 Å². The second-order valence-electron chi connectivity index (χ2n) is 4.64. The van der Waals surface area contributed by atoms with Crippen molar-refractivity contribution in [3.05, 3.63) is 91.0 Å². The first kappa shape index (κ1) is 13.6. The van der Waals surface area contributed by atoms with Gasteiger partial charge in [0.05, 0.1) is 0 Å². The molecule has 0 heterocycles. The molecule has 0 atom stereocenters. The molecular formula is C18H16PSe+. The van der Waals surface area contributed by atoms with Crippen molar-refractivity contribution < 1.29 is 0 Å². The molecule has 0 saturated heterocycles. The summed E-state index contributed by atoms with van der Waals surface area (Å²) in [5.74, 6) is -1.59. The molecule has 0 N–H and O–H groups in total. The Morgan fingerprint density at radius 3 is 0.950 bits per heavy atom. The fraction of sp³-hybridized carbons (Fsp3) is 0. The van der Waals surface area contributed by atoms with Crippen molar-refractivity contribution in [2.24, 2.45) is 0 Å². The van der Waals surface area contributed by atoms with Crippen LogP contribution in [0.4, 0.5) is 0 Å². The van der Waals surface area contributed by atoms with Gasteiger partial charge in [-0.05, 0) is 0 Å². The summed E-state index contributed by atoms with van der Waals surface area (Å²) in [5, 5.41) is 4.20. The summed E-state index contributed by atoms with van der Waals surface area (Å²) in [7, 11) is 0. The van der Waals surface area contributed by atoms with Gasteiger partial charge >= 0.3 is 128 Å². The Hall–Kier alpha value is -1.39. The molecule has 0 fully saturated rings. The third-order valence-corrected chi connectivity index (χ3v) is 10.9. The average molecular weight is 342 g/mol. The predicted molar refractivity (Wildman–Crippen MR) is 92.3 cm³/mol. The SMILES string of the molecule is [SeH][P+](c1ccccc1)(c1ccccc1)c1ccccc1. The van der Waals surface area contributed by atoms with Crippen LogP contribution in [0, 0.1) is 0 Å². The minimum atomic E-state index is -1.59. The van der Waals surface area contributed by atoms with Crippen LogP contribution in [0.15, 0.2) is 91.0 Å². The normalized spacial score (nSPS) is 11.2. The number of rotatable bonds is 3. The van der Waals surface area contributed by atoms with E-state index >= 15 is 0 Å². The monoisotopic (exact) mass is 343 g/mol. The molecule has 0 aliphatic carbocycles. The molecule has 0 aliphatic heterocycles. The second-order valence-corrected chi connectivity index (χ2v) is 11.2. The van der Waals surface area contributed by atoms with E-state index in [1.54, 1.807) is 0 Å². The zero-order valence-corrected chi connectivity index (χ0v) is 13.8. The molecule has 0 saturated carbocycles. The van der Waals surface area contributed by atoms with Gasteiger partial charge in [-0.2, -0.15) is 0 Å². The first-order chi connectivity index (χ1) is 9.82. The van der Waals surface area contributed by atoms with Crippen LogP contribution in [0.25, 0.3) is 0 Å². The first-order valence-corrected chi connectivity index (χ1v) is 10.9. The first-order valence-electron chi connectivity index (χ1n) is 6.60.